The van der Waals surface area contributed by atoms with Gasteiger partial charge >= 0.3 is 0 Å². The number of carbonyl (C=O) groups is 1. The topological polar surface area (TPSA) is 77.2 Å². The monoisotopic (exact) mass is 323 g/mol. The van der Waals surface area contributed by atoms with Crippen LogP contribution in [0.3, 0.4) is 0 Å². The van der Waals surface area contributed by atoms with Gasteiger partial charge in [-0.15, -0.1) is 0 Å². The zero-order valence-corrected chi connectivity index (χ0v) is 13.9. The van der Waals surface area contributed by atoms with E-state index >= 15 is 0 Å². The third-order valence-corrected chi connectivity index (χ3v) is 6.34. The average Bonchev–Trinajstić information content (AvgIpc) is 2.54. The van der Waals surface area contributed by atoms with Crippen LogP contribution in [0.1, 0.15) is 49.4 Å². The highest BCUT2D eigenvalue weighted by atomic mass is 32.2. The van der Waals surface area contributed by atoms with Crippen molar-refractivity contribution in [3.63, 3.8) is 0 Å². The van der Waals surface area contributed by atoms with Gasteiger partial charge in [-0.1, -0.05) is 38.3 Å². The minimum absolute atomic E-state index is 0.0998. The summed E-state index contributed by atoms with van der Waals surface area (Å²) in [7, 11) is -3.33. The van der Waals surface area contributed by atoms with Crippen LogP contribution < -0.4 is 5.73 Å². The van der Waals surface area contributed by atoms with E-state index in [0.29, 0.717) is 5.56 Å². The largest absolute Gasteiger partial charge is 0.330 e. The second kappa shape index (κ2) is 7.38. The highest BCUT2D eigenvalue weighted by Gasteiger charge is 2.24. The first-order valence-corrected chi connectivity index (χ1v) is 9.66. The number of carbonyl (C=O) groups excluding carboxylic acids is 1. The van der Waals surface area contributed by atoms with Gasteiger partial charge in [0.15, 0.2) is 15.6 Å². The fraction of sp³-hybridized carbons (Fsp3) is 0.588. The first-order valence-electron chi connectivity index (χ1n) is 8.01. The molecular formula is C17H25NO3S. The normalized spacial score (nSPS) is 18.1. The Morgan fingerprint density at radius 2 is 1.95 bits per heavy atom. The molecule has 0 bridgehead atoms. The van der Waals surface area contributed by atoms with Crippen LogP contribution in [-0.2, 0) is 9.84 Å². The summed E-state index contributed by atoms with van der Waals surface area (Å²) >= 11 is 0. The molecule has 1 aromatic carbocycles. The molecule has 5 heteroatoms. The van der Waals surface area contributed by atoms with Gasteiger partial charge in [0.25, 0.3) is 0 Å². The number of sulfone groups is 1. The van der Waals surface area contributed by atoms with E-state index in [1.54, 1.807) is 25.1 Å². The summed E-state index contributed by atoms with van der Waals surface area (Å²) in [5, 5.41) is 0. The van der Waals surface area contributed by atoms with Gasteiger partial charge in [0.1, 0.15) is 0 Å². The van der Waals surface area contributed by atoms with Gasteiger partial charge in [-0.05, 0) is 30.9 Å². The van der Waals surface area contributed by atoms with Crippen molar-refractivity contribution in [3.8, 4) is 0 Å². The van der Waals surface area contributed by atoms with Crippen LogP contribution in [0.15, 0.2) is 29.2 Å². The lowest BCUT2D eigenvalue weighted by molar-refractivity contribution is 0.0934. The molecule has 4 nitrogen and oxygen atoms in total. The molecule has 0 amide bonds. The van der Waals surface area contributed by atoms with Crippen LogP contribution in [0.4, 0.5) is 0 Å². The number of rotatable bonds is 6. The average molecular weight is 323 g/mol. The summed E-state index contributed by atoms with van der Waals surface area (Å²) in [6.07, 6.45) is 5.42. The Morgan fingerprint density at radius 1 is 1.27 bits per heavy atom. The van der Waals surface area contributed by atoms with Crippen LogP contribution >= 0.6 is 0 Å². The Hall–Kier alpha value is -1.20. The number of nitrogens with two attached hydrogens (primary N) is 1. The van der Waals surface area contributed by atoms with Gasteiger partial charge in [0, 0.05) is 18.0 Å². The number of hydrogen-bond donors (Lipinski definition) is 1. The maximum Gasteiger partial charge on any atom is 0.178 e. The molecular weight excluding hydrogens is 298 g/mol. The molecule has 0 aromatic heterocycles. The highest BCUT2D eigenvalue weighted by molar-refractivity contribution is 7.91. The van der Waals surface area contributed by atoms with Crippen molar-refractivity contribution in [3.05, 3.63) is 29.8 Å². The molecule has 1 saturated carbocycles. The van der Waals surface area contributed by atoms with Crippen LogP contribution in [-0.4, -0.2) is 26.5 Å². The number of Topliss-reactive ketones (excluding diaryl/α,β-unsaturated/α-hetero) is 1. The van der Waals surface area contributed by atoms with Crippen molar-refractivity contribution in [2.75, 3.05) is 12.3 Å². The minimum Gasteiger partial charge on any atom is -0.330 e. The van der Waals surface area contributed by atoms with Gasteiger partial charge in [0.05, 0.1) is 10.6 Å². The van der Waals surface area contributed by atoms with Crippen molar-refractivity contribution in [2.24, 2.45) is 17.6 Å². The summed E-state index contributed by atoms with van der Waals surface area (Å²) in [5.41, 5.74) is 5.95. The fourth-order valence-corrected chi connectivity index (χ4v) is 4.73. The molecule has 1 aromatic rings. The lowest BCUT2D eigenvalue weighted by atomic mass is 9.91. The molecule has 1 aliphatic carbocycles. The lowest BCUT2D eigenvalue weighted by Crippen LogP contribution is -2.22. The second-order valence-corrected chi connectivity index (χ2v) is 8.35. The smallest absolute Gasteiger partial charge is 0.178 e. The Bertz CT molecular complexity index is 619. The quantitative estimate of drug-likeness (QED) is 0.817. The van der Waals surface area contributed by atoms with E-state index in [4.69, 9.17) is 5.73 Å². The molecule has 2 N–H and O–H groups in total. The molecule has 0 spiro atoms. The molecule has 2 rings (SSSR count). The summed E-state index contributed by atoms with van der Waals surface area (Å²) in [6.45, 7) is 2.02. The van der Waals surface area contributed by atoms with Crippen molar-refractivity contribution >= 4 is 15.6 Å². The second-order valence-electron chi connectivity index (χ2n) is 6.31. The molecule has 1 atom stereocenters. The summed E-state index contributed by atoms with van der Waals surface area (Å²) in [4.78, 5) is 12.4. The number of benzene rings is 1. The predicted octanol–water partition coefficient (Wildman–Crippen LogP) is 2.82. The van der Waals surface area contributed by atoms with Gasteiger partial charge in [-0.25, -0.2) is 8.42 Å². The summed E-state index contributed by atoms with van der Waals surface area (Å²) in [6, 6.07) is 6.40. The Labute approximate surface area is 133 Å². The van der Waals surface area contributed by atoms with E-state index in [1.165, 1.54) is 12.5 Å². The highest BCUT2D eigenvalue weighted by Crippen LogP contribution is 2.27. The zero-order chi connectivity index (χ0) is 16.2. The number of ketones is 1. The van der Waals surface area contributed by atoms with Gasteiger partial charge in [0.2, 0.25) is 0 Å². The Balaban J connectivity index is 2.18. The molecule has 0 radical (unpaired) electrons. The molecule has 122 valence electrons. The minimum atomic E-state index is -3.33. The maximum atomic E-state index is 12.6. The van der Waals surface area contributed by atoms with Crippen LogP contribution in [0.25, 0.3) is 0 Å². The third kappa shape index (κ3) is 4.17. The standard InChI is InChI=1S/C17H25NO3S/c1-13(11-18)17(19)15-8-5-9-16(10-15)22(20,21)12-14-6-3-2-4-7-14/h5,8-10,13-14H,2-4,6-7,11-12,18H2,1H3. The summed E-state index contributed by atoms with van der Waals surface area (Å²) < 4.78 is 25.2. The Kier molecular flexibility index (Phi) is 5.75. The first-order chi connectivity index (χ1) is 10.4. The summed E-state index contributed by atoms with van der Waals surface area (Å²) in [5.74, 6) is 0.0477. The first kappa shape index (κ1) is 17.2. The zero-order valence-electron chi connectivity index (χ0n) is 13.1. The van der Waals surface area contributed by atoms with Crippen LogP contribution in [0.5, 0.6) is 0 Å². The van der Waals surface area contributed by atoms with Crippen molar-refractivity contribution in [1.82, 2.24) is 0 Å². The van der Waals surface area contributed by atoms with Crippen LogP contribution in [0.2, 0.25) is 0 Å². The molecule has 22 heavy (non-hydrogen) atoms. The SMILES string of the molecule is CC(CN)C(=O)c1cccc(S(=O)(=O)CC2CCCCC2)c1. The molecule has 0 aliphatic heterocycles. The molecule has 1 fully saturated rings. The van der Waals surface area contributed by atoms with Crippen molar-refractivity contribution in [2.45, 2.75) is 43.9 Å². The fourth-order valence-electron chi connectivity index (χ4n) is 2.99. The van der Waals surface area contributed by atoms with Gasteiger partial charge in [-0.3, -0.25) is 4.79 Å². The Morgan fingerprint density at radius 3 is 2.59 bits per heavy atom. The van der Waals surface area contributed by atoms with Crippen LogP contribution in [0, 0.1) is 11.8 Å². The molecule has 1 unspecified atom stereocenters. The maximum absolute atomic E-state index is 12.6. The number of hydrogen-bond acceptors (Lipinski definition) is 4. The molecule has 1 aliphatic rings. The van der Waals surface area contributed by atoms with E-state index in [2.05, 4.69) is 0 Å². The van der Waals surface area contributed by atoms with E-state index in [-0.39, 0.29) is 34.8 Å². The van der Waals surface area contributed by atoms with E-state index in [9.17, 15) is 13.2 Å². The van der Waals surface area contributed by atoms with E-state index in [0.717, 1.165) is 25.7 Å². The van der Waals surface area contributed by atoms with E-state index in [1.807, 2.05) is 0 Å². The van der Waals surface area contributed by atoms with Crippen molar-refractivity contribution < 1.29 is 13.2 Å². The molecule has 0 heterocycles. The third-order valence-electron chi connectivity index (χ3n) is 4.46. The van der Waals surface area contributed by atoms with Gasteiger partial charge in [-0.2, -0.15) is 0 Å². The van der Waals surface area contributed by atoms with Crippen molar-refractivity contribution in [1.29, 1.82) is 0 Å². The van der Waals surface area contributed by atoms with E-state index < -0.39 is 9.84 Å². The lowest BCUT2D eigenvalue weighted by Gasteiger charge is -2.21. The predicted molar refractivity (Wildman–Crippen MR) is 87.6 cm³/mol. The molecule has 0 saturated heterocycles. The van der Waals surface area contributed by atoms with Gasteiger partial charge < -0.3 is 5.73 Å².